The van der Waals surface area contributed by atoms with Gasteiger partial charge in [0.15, 0.2) is 23.4 Å². The molecule has 1 aliphatic heterocycles. The Morgan fingerprint density at radius 1 is 0.867 bits per heavy atom. The van der Waals surface area contributed by atoms with Crippen LogP contribution in [0.1, 0.15) is 72.9 Å². The number of aliphatic hydroxyl groups is 5. The zero-order valence-electron chi connectivity index (χ0n) is 34.2. The Morgan fingerprint density at radius 2 is 1.48 bits per heavy atom. The van der Waals surface area contributed by atoms with Crippen molar-refractivity contribution in [1.82, 2.24) is 5.32 Å². The fraction of sp³-hybridized carbons (Fsp3) is 0.467. The molecule has 0 radical (unpaired) electrons. The molecule has 1 saturated heterocycles. The first kappa shape index (κ1) is 42.9. The number of aliphatic hydroxyl groups excluding tert-OH is 3. The van der Waals surface area contributed by atoms with Gasteiger partial charge in [0.05, 0.1) is 50.1 Å². The van der Waals surface area contributed by atoms with Crippen molar-refractivity contribution in [3.8, 4) is 11.5 Å². The Hall–Kier alpha value is -5.16. The zero-order valence-corrected chi connectivity index (χ0v) is 34.2. The van der Waals surface area contributed by atoms with Crippen molar-refractivity contribution in [2.45, 2.75) is 94.4 Å². The molecule has 6 N–H and O–H groups in total. The van der Waals surface area contributed by atoms with E-state index in [0.717, 1.165) is 0 Å². The Balaban J connectivity index is 1.32. The van der Waals surface area contributed by atoms with Gasteiger partial charge in [-0.25, -0.2) is 9.59 Å². The summed E-state index contributed by atoms with van der Waals surface area (Å²) in [4.78, 5) is 56.6. The molecule has 9 unspecified atom stereocenters. The maximum absolute atomic E-state index is 14.8. The van der Waals surface area contributed by atoms with Crippen LogP contribution in [0.25, 0.3) is 0 Å². The fourth-order valence-electron chi connectivity index (χ4n) is 9.93. The van der Waals surface area contributed by atoms with Crippen molar-refractivity contribution in [3.05, 3.63) is 107 Å². The third-order valence-electron chi connectivity index (χ3n) is 13.5. The van der Waals surface area contributed by atoms with Crippen LogP contribution in [-0.4, -0.2) is 118 Å². The van der Waals surface area contributed by atoms with Crippen molar-refractivity contribution in [1.29, 1.82) is 0 Å². The number of ether oxygens (including phenoxy) is 5. The van der Waals surface area contributed by atoms with Crippen LogP contribution < -0.4 is 14.8 Å². The van der Waals surface area contributed by atoms with Crippen LogP contribution in [0.5, 0.6) is 11.5 Å². The van der Waals surface area contributed by atoms with Crippen LogP contribution in [0, 0.1) is 16.7 Å². The van der Waals surface area contributed by atoms with Gasteiger partial charge < -0.3 is 54.5 Å². The minimum absolute atomic E-state index is 0.0611. The SMILES string of the molecule is COc1ccc(C(NC(=O)c2ccccc2)C(O)C(=O)OC2CC3(O)C(OC(=O)c4ccccc4)C4[C@]5(O)COC5CC(O)[C@@]4(C)C(=O)C(O)C(=C2C)C3(C)C)cc1OC. The number of benzene rings is 3. The Bertz CT molecular complexity index is 2190. The molecule has 4 aliphatic rings. The number of nitrogens with one attached hydrogen (secondary N) is 1. The number of Topliss-reactive ketones (excluding diaryl/α,β-unsaturated/α-hetero) is 1. The number of esters is 2. The van der Waals surface area contributed by atoms with E-state index in [0.29, 0.717) is 5.75 Å². The van der Waals surface area contributed by atoms with E-state index >= 15 is 0 Å². The molecule has 320 valence electrons. The molecule has 7 rings (SSSR count). The van der Waals surface area contributed by atoms with Gasteiger partial charge in [-0.1, -0.05) is 56.3 Å². The minimum atomic E-state index is -2.34. The number of ketones is 1. The van der Waals surface area contributed by atoms with E-state index in [9.17, 15) is 44.7 Å². The number of amides is 1. The maximum Gasteiger partial charge on any atom is 0.338 e. The summed E-state index contributed by atoms with van der Waals surface area (Å²) in [5, 5.41) is 64.0. The smallest absolute Gasteiger partial charge is 0.338 e. The van der Waals surface area contributed by atoms with Crippen LogP contribution in [0.15, 0.2) is 90.0 Å². The van der Waals surface area contributed by atoms with Crippen molar-refractivity contribution in [2.24, 2.45) is 16.7 Å². The normalized spacial score (nSPS) is 32.7. The van der Waals surface area contributed by atoms with Crippen LogP contribution in [0.2, 0.25) is 0 Å². The summed E-state index contributed by atoms with van der Waals surface area (Å²) >= 11 is 0. The summed E-state index contributed by atoms with van der Waals surface area (Å²) in [6, 6.07) is 19.1. The molecule has 3 aliphatic carbocycles. The average molecular weight is 830 g/mol. The molecule has 1 heterocycles. The van der Waals surface area contributed by atoms with Gasteiger partial charge in [-0.05, 0) is 67.0 Å². The number of methoxy groups -OCH3 is 2. The maximum atomic E-state index is 14.8. The molecule has 3 aromatic carbocycles. The van der Waals surface area contributed by atoms with Gasteiger partial charge in [0, 0.05) is 29.7 Å². The third-order valence-corrected chi connectivity index (χ3v) is 13.5. The highest BCUT2D eigenvalue weighted by molar-refractivity contribution is 5.95. The molecule has 11 atom stereocenters. The minimum Gasteiger partial charge on any atom is -0.493 e. The number of fused-ring (bicyclic) bond motifs is 5. The van der Waals surface area contributed by atoms with Gasteiger partial charge in [-0.3, -0.25) is 9.59 Å². The molecule has 2 bridgehead atoms. The lowest BCUT2D eigenvalue weighted by Crippen LogP contribution is -2.81. The van der Waals surface area contributed by atoms with Crippen molar-refractivity contribution < 1.29 is 68.4 Å². The fourth-order valence-corrected chi connectivity index (χ4v) is 9.93. The number of carbonyl (C=O) groups is 4. The summed E-state index contributed by atoms with van der Waals surface area (Å²) in [7, 11) is 2.83. The van der Waals surface area contributed by atoms with Crippen molar-refractivity contribution in [3.63, 3.8) is 0 Å². The molecule has 2 saturated carbocycles. The van der Waals surface area contributed by atoms with E-state index in [4.69, 9.17) is 23.7 Å². The lowest BCUT2D eigenvalue weighted by atomic mass is 9.44. The largest absolute Gasteiger partial charge is 0.493 e. The topological polar surface area (TPSA) is 228 Å². The number of hydrogen-bond donors (Lipinski definition) is 6. The molecule has 15 heteroatoms. The van der Waals surface area contributed by atoms with E-state index < -0.39 is 101 Å². The van der Waals surface area contributed by atoms with Crippen LogP contribution in [0.3, 0.4) is 0 Å². The third kappa shape index (κ3) is 6.68. The van der Waals surface area contributed by atoms with E-state index in [-0.39, 0.29) is 46.6 Å². The molecule has 1 amide bonds. The Kier molecular flexibility index (Phi) is 11.2. The van der Waals surface area contributed by atoms with E-state index in [1.807, 2.05) is 0 Å². The summed E-state index contributed by atoms with van der Waals surface area (Å²) in [5.74, 6) is -4.67. The first-order chi connectivity index (χ1) is 28.3. The highest BCUT2D eigenvalue weighted by Gasteiger charge is 2.76. The van der Waals surface area contributed by atoms with E-state index in [2.05, 4.69) is 5.32 Å². The van der Waals surface area contributed by atoms with Gasteiger partial charge in [0.1, 0.15) is 29.5 Å². The molecule has 60 heavy (non-hydrogen) atoms. The predicted octanol–water partition coefficient (Wildman–Crippen LogP) is 2.61. The molecular formula is C45H51NO14. The highest BCUT2D eigenvalue weighted by Crippen LogP contribution is 2.63. The quantitative estimate of drug-likeness (QED) is 0.128. The molecule has 15 nitrogen and oxygen atoms in total. The molecule has 0 spiro atoms. The average Bonchev–Trinajstić information content (AvgIpc) is 3.24. The van der Waals surface area contributed by atoms with E-state index in [1.165, 1.54) is 58.4 Å². The first-order valence-electron chi connectivity index (χ1n) is 19.8. The lowest BCUT2D eigenvalue weighted by molar-refractivity contribution is -0.343. The predicted molar refractivity (Wildman–Crippen MR) is 212 cm³/mol. The Labute approximate surface area is 346 Å². The molecular weight excluding hydrogens is 778 g/mol. The van der Waals surface area contributed by atoms with Crippen molar-refractivity contribution >= 4 is 23.6 Å². The van der Waals surface area contributed by atoms with E-state index in [1.54, 1.807) is 62.4 Å². The standard InChI is InChI=1S/C45H51NO14/c1-23-29(59-41(53)35(49)33(46-39(51)24-13-9-7-10-14-24)26-17-18-27(56-5)28(19-26)57-6)21-45(55)38(60-40(52)25-15-11-8-12-16-25)36-43(4,30(47)20-31-44(36,54)22-58-31)37(50)34(48)32(23)42(45,2)3/h7-19,29-31,33-36,38,47-49,54-55H,20-22H2,1-6H3,(H,46,51)/t29?,30?,31?,33?,34?,35?,36?,38?,43-,44+,45?/m1/s1. The van der Waals surface area contributed by atoms with Gasteiger partial charge in [0.25, 0.3) is 5.91 Å². The van der Waals surface area contributed by atoms with Gasteiger partial charge in [-0.15, -0.1) is 0 Å². The summed E-state index contributed by atoms with van der Waals surface area (Å²) in [5.41, 5.74) is -7.22. The molecule has 3 aromatic rings. The summed E-state index contributed by atoms with van der Waals surface area (Å²) < 4.78 is 28.7. The number of carbonyl (C=O) groups excluding carboxylic acids is 4. The van der Waals surface area contributed by atoms with Crippen LogP contribution >= 0.6 is 0 Å². The number of rotatable bonds is 10. The Morgan fingerprint density at radius 3 is 2.07 bits per heavy atom. The van der Waals surface area contributed by atoms with Gasteiger partial charge in [-0.2, -0.15) is 0 Å². The van der Waals surface area contributed by atoms with Crippen molar-refractivity contribution in [2.75, 3.05) is 20.8 Å². The molecule has 3 fully saturated rings. The van der Waals surface area contributed by atoms with Gasteiger partial charge >= 0.3 is 11.9 Å². The molecule has 0 aromatic heterocycles. The van der Waals surface area contributed by atoms with Crippen LogP contribution in [-0.2, 0) is 23.8 Å². The second kappa shape index (κ2) is 15.7. The highest BCUT2D eigenvalue weighted by atomic mass is 16.6. The second-order valence-corrected chi connectivity index (χ2v) is 16.9. The van der Waals surface area contributed by atoms with Crippen LogP contribution in [0.4, 0.5) is 0 Å². The lowest BCUT2D eigenvalue weighted by Gasteiger charge is -2.66. The zero-order chi connectivity index (χ0) is 43.5. The number of hydrogen-bond acceptors (Lipinski definition) is 14. The summed E-state index contributed by atoms with van der Waals surface area (Å²) in [6.45, 7) is 5.65. The second-order valence-electron chi connectivity index (χ2n) is 16.9. The first-order valence-corrected chi connectivity index (χ1v) is 19.8. The monoisotopic (exact) mass is 829 g/mol. The summed E-state index contributed by atoms with van der Waals surface area (Å²) in [6.07, 6.45) is -10.6. The van der Waals surface area contributed by atoms with Gasteiger partial charge in [0.2, 0.25) is 0 Å².